The average molecular weight is 216 g/mol. The van der Waals surface area contributed by atoms with E-state index in [4.69, 9.17) is 10.2 Å². The molecule has 0 saturated heterocycles. The maximum Gasteiger partial charge on any atom is 0.306 e. The van der Waals surface area contributed by atoms with Gasteiger partial charge in [0.15, 0.2) is 0 Å². The van der Waals surface area contributed by atoms with E-state index in [9.17, 15) is 9.59 Å². The zero-order chi connectivity index (χ0) is 11.8. The van der Waals surface area contributed by atoms with Crippen LogP contribution in [0.15, 0.2) is 0 Å². The molecular formula is C11H20O4. The lowest BCUT2D eigenvalue weighted by Gasteiger charge is -2.15. The fraction of sp³-hybridized carbons (Fsp3) is 0.818. The fourth-order valence-corrected chi connectivity index (χ4v) is 1.56. The monoisotopic (exact) mass is 216 g/mol. The summed E-state index contributed by atoms with van der Waals surface area (Å²) >= 11 is 0. The van der Waals surface area contributed by atoms with Crippen molar-refractivity contribution < 1.29 is 19.8 Å². The predicted octanol–water partition coefficient (Wildman–Crippen LogP) is 2.38. The van der Waals surface area contributed by atoms with Gasteiger partial charge in [-0.15, -0.1) is 0 Å². The van der Waals surface area contributed by atoms with E-state index in [0.29, 0.717) is 12.8 Å². The van der Waals surface area contributed by atoms with E-state index in [0.717, 1.165) is 12.8 Å². The minimum absolute atomic E-state index is 0.141. The van der Waals surface area contributed by atoms with Gasteiger partial charge in [-0.05, 0) is 18.8 Å². The van der Waals surface area contributed by atoms with E-state index >= 15 is 0 Å². The summed E-state index contributed by atoms with van der Waals surface area (Å²) in [7, 11) is 0. The smallest absolute Gasteiger partial charge is 0.306 e. The molecule has 0 unspecified atom stereocenters. The van der Waals surface area contributed by atoms with Crippen LogP contribution in [0.25, 0.3) is 0 Å². The summed E-state index contributed by atoms with van der Waals surface area (Å²) in [6, 6.07) is 0. The molecule has 0 aliphatic rings. The van der Waals surface area contributed by atoms with E-state index in [1.54, 1.807) is 0 Å². The number of hydrogen-bond acceptors (Lipinski definition) is 2. The van der Waals surface area contributed by atoms with E-state index in [2.05, 4.69) is 0 Å². The lowest BCUT2D eigenvalue weighted by molar-refractivity contribution is -0.143. The van der Waals surface area contributed by atoms with Crippen molar-refractivity contribution in [1.82, 2.24) is 0 Å². The predicted molar refractivity (Wildman–Crippen MR) is 56.7 cm³/mol. The summed E-state index contributed by atoms with van der Waals surface area (Å²) in [4.78, 5) is 21.0. The number of rotatable bonds is 8. The van der Waals surface area contributed by atoms with Crippen LogP contribution in [-0.2, 0) is 9.59 Å². The molecule has 15 heavy (non-hydrogen) atoms. The van der Waals surface area contributed by atoms with Gasteiger partial charge < -0.3 is 10.2 Å². The Labute approximate surface area is 90.3 Å². The average Bonchev–Trinajstić information content (AvgIpc) is 2.08. The van der Waals surface area contributed by atoms with E-state index in [1.165, 1.54) is 0 Å². The summed E-state index contributed by atoms with van der Waals surface area (Å²) in [6.45, 7) is 3.80. The summed E-state index contributed by atoms with van der Waals surface area (Å²) in [5, 5.41) is 17.3. The molecule has 4 nitrogen and oxygen atoms in total. The van der Waals surface area contributed by atoms with Crippen LogP contribution in [0.2, 0.25) is 0 Å². The number of aliphatic carboxylic acids is 2. The summed E-state index contributed by atoms with van der Waals surface area (Å²) in [5.41, 5.74) is 0. The molecule has 0 amide bonds. The van der Waals surface area contributed by atoms with Crippen molar-refractivity contribution in [2.75, 3.05) is 0 Å². The molecule has 0 radical (unpaired) electrons. The van der Waals surface area contributed by atoms with Crippen molar-refractivity contribution in [3.63, 3.8) is 0 Å². The molecule has 0 bridgehead atoms. The Balaban J connectivity index is 3.63. The first kappa shape index (κ1) is 13.9. The number of carbonyl (C=O) groups is 2. The third kappa shape index (κ3) is 6.94. The van der Waals surface area contributed by atoms with Crippen LogP contribution in [0.4, 0.5) is 0 Å². The van der Waals surface area contributed by atoms with E-state index in [1.807, 2.05) is 13.8 Å². The Hall–Kier alpha value is -1.06. The first-order chi connectivity index (χ1) is 6.95. The number of unbranched alkanes of at least 4 members (excludes halogenated alkanes) is 2. The van der Waals surface area contributed by atoms with Gasteiger partial charge in [-0.1, -0.05) is 26.7 Å². The molecule has 2 N–H and O–H groups in total. The highest BCUT2D eigenvalue weighted by molar-refractivity contribution is 5.70. The van der Waals surface area contributed by atoms with Gasteiger partial charge in [-0.2, -0.15) is 0 Å². The summed E-state index contributed by atoms with van der Waals surface area (Å²) in [6.07, 6.45) is 3.05. The second kappa shape index (κ2) is 7.26. The van der Waals surface area contributed by atoms with Crippen molar-refractivity contribution >= 4 is 11.9 Å². The van der Waals surface area contributed by atoms with Crippen LogP contribution in [0, 0.1) is 11.8 Å². The second-order valence-corrected chi connectivity index (χ2v) is 4.18. The van der Waals surface area contributed by atoms with Gasteiger partial charge in [0, 0.05) is 6.42 Å². The Morgan fingerprint density at radius 1 is 1.07 bits per heavy atom. The van der Waals surface area contributed by atoms with Gasteiger partial charge in [-0.25, -0.2) is 0 Å². The van der Waals surface area contributed by atoms with Crippen LogP contribution in [0.1, 0.15) is 46.0 Å². The van der Waals surface area contributed by atoms with Crippen LogP contribution in [0.5, 0.6) is 0 Å². The molecule has 88 valence electrons. The lowest BCUT2D eigenvalue weighted by atomic mass is 9.90. The van der Waals surface area contributed by atoms with Gasteiger partial charge in [0.05, 0.1) is 5.92 Å². The standard InChI is InChI=1S/C11H20O4/c1-8(2)9(11(14)15)6-4-3-5-7-10(12)13/h8-9H,3-7H2,1-2H3,(H,12,13)(H,14,15)/t9-/m1/s1. The maximum absolute atomic E-state index is 10.8. The molecule has 0 spiro atoms. The topological polar surface area (TPSA) is 74.6 Å². The molecule has 0 heterocycles. The van der Waals surface area contributed by atoms with E-state index in [-0.39, 0.29) is 18.3 Å². The summed E-state index contributed by atoms with van der Waals surface area (Å²) in [5.74, 6) is -1.69. The number of carboxylic acids is 2. The van der Waals surface area contributed by atoms with Gasteiger partial charge in [-0.3, -0.25) is 9.59 Å². The molecule has 0 fully saturated rings. The quantitative estimate of drug-likeness (QED) is 0.611. The second-order valence-electron chi connectivity index (χ2n) is 4.18. The Kier molecular flexibility index (Phi) is 6.75. The van der Waals surface area contributed by atoms with Crippen LogP contribution in [-0.4, -0.2) is 22.2 Å². The molecular weight excluding hydrogens is 196 g/mol. The highest BCUT2D eigenvalue weighted by Crippen LogP contribution is 2.19. The Morgan fingerprint density at radius 3 is 2.07 bits per heavy atom. The van der Waals surface area contributed by atoms with Crippen molar-refractivity contribution in [3.05, 3.63) is 0 Å². The maximum atomic E-state index is 10.8. The summed E-state index contributed by atoms with van der Waals surface area (Å²) < 4.78 is 0. The first-order valence-corrected chi connectivity index (χ1v) is 5.39. The molecule has 4 heteroatoms. The number of hydrogen-bond donors (Lipinski definition) is 2. The molecule has 0 aromatic rings. The molecule has 0 aliphatic heterocycles. The third-order valence-electron chi connectivity index (χ3n) is 2.53. The van der Waals surface area contributed by atoms with Gasteiger partial charge in [0.25, 0.3) is 0 Å². The van der Waals surface area contributed by atoms with Gasteiger partial charge >= 0.3 is 11.9 Å². The van der Waals surface area contributed by atoms with Gasteiger partial charge in [0.2, 0.25) is 0 Å². The number of carboxylic acid groups (broad SMARTS) is 2. The minimum atomic E-state index is -0.784. The van der Waals surface area contributed by atoms with Crippen LogP contribution >= 0.6 is 0 Å². The molecule has 0 aliphatic carbocycles. The minimum Gasteiger partial charge on any atom is -0.481 e. The van der Waals surface area contributed by atoms with Crippen LogP contribution in [0.3, 0.4) is 0 Å². The largest absolute Gasteiger partial charge is 0.481 e. The molecule has 1 atom stereocenters. The zero-order valence-corrected chi connectivity index (χ0v) is 9.40. The van der Waals surface area contributed by atoms with Crippen molar-refractivity contribution in [1.29, 1.82) is 0 Å². The third-order valence-corrected chi connectivity index (χ3v) is 2.53. The highest BCUT2D eigenvalue weighted by atomic mass is 16.4. The lowest BCUT2D eigenvalue weighted by Crippen LogP contribution is -2.19. The first-order valence-electron chi connectivity index (χ1n) is 5.39. The van der Waals surface area contributed by atoms with Gasteiger partial charge in [0.1, 0.15) is 0 Å². The normalized spacial score (nSPS) is 12.7. The van der Waals surface area contributed by atoms with Crippen molar-refractivity contribution in [3.8, 4) is 0 Å². The molecule has 0 aromatic carbocycles. The van der Waals surface area contributed by atoms with Crippen molar-refractivity contribution in [2.24, 2.45) is 11.8 Å². The fourth-order valence-electron chi connectivity index (χ4n) is 1.56. The molecule has 0 rings (SSSR count). The van der Waals surface area contributed by atoms with Crippen LogP contribution < -0.4 is 0 Å². The Morgan fingerprint density at radius 2 is 1.67 bits per heavy atom. The van der Waals surface area contributed by atoms with Crippen molar-refractivity contribution in [2.45, 2.75) is 46.0 Å². The Bertz CT molecular complexity index is 211. The zero-order valence-electron chi connectivity index (χ0n) is 9.40. The molecule has 0 aromatic heterocycles. The highest BCUT2D eigenvalue weighted by Gasteiger charge is 2.20. The molecule has 0 saturated carbocycles. The SMILES string of the molecule is CC(C)[C@@H](CCCCCC(=O)O)C(=O)O. The van der Waals surface area contributed by atoms with E-state index < -0.39 is 11.9 Å².